The number of benzene rings is 3. The lowest BCUT2D eigenvalue weighted by molar-refractivity contribution is 0.102. The zero-order chi connectivity index (χ0) is 21.6. The van der Waals surface area contributed by atoms with Gasteiger partial charge in [-0.1, -0.05) is 43.3 Å². The van der Waals surface area contributed by atoms with Crippen LogP contribution in [0.2, 0.25) is 0 Å². The summed E-state index contributed by atoms with van der Waals surface area (Å²) in [7, 11) is -2.33. The minimum Gasteiger partial charge on any atom is -0.491 e. The van der Waals surface area contributed by atoms with Crippen molar-refractivity contribution in [2.75, 3.05) is 23.3 Å². The zero-order valence-electron chi connectivity index (χ0n) is 16.9. The van der Waals surface area contributed by atoms with Crippen molar-refractivity contribution in [1.29, 1.82) is 0 Å². The molecule has 0 aliphatic heterocycles. The van der Waals surface area contributed by atoms with Crippen LogP contribution in [-0.2, 0) is 10.0 Å². The van der Waals surface area contributed by atoms with Crippen LogP contribution in [0.25, 0.3) is 0 Å². The van der Waals surface area contributed by atoms with Gasteiger partial charge in [0.2, 0.25) is 0 Å². The van der Waals surface area contributed by atoms with Crippen molar-refractivity contribution >= 4 is 27.3 Å². The molecule has 30 heavy (non-hydrogen) atoms. The smallest absolute Gasteiger partial charge is 0.264 e. The van der Waals surface area contributed by atoms with Gasteiger partial charge in [-0.25, -0.2) is 8.42 Å². The maximum Gasteiger partial charge on any atom is 0.264 e. The molecular formula is C23H24N2O4S. The van der Waals surface area contributed by atoms with Gasteiger partial charge in [-0.2, -0.15) is 0 Å². The highest BCUT2D eigenvalue weighted by Crippen LogP contribution is 2.26. The third-order valence-corrected chi connectivity index (χ3v) is 6.25. The summed E-state index contributed by atoms with van der Waals surface area (Å²) in [5, 5.41) is 2.80. The minimum absolute atomic E-state index is 0.0389. The molecule has 6 nitrogen and oxygen atoms in total. The van der Waals surface area contributed by atoms with E-state index in [2.05, 4.69) is 5.32 Å². The van der Waals surface area contributed by atoms with Gasteiger partial charge in [-0.05, 0) is 48.9 Å². The van der Waals surface area contributed by atoms with Gasteiger partial charge in [0.15, 0.2) is 0 Å². The highest BCUT2D eigenvalue weighted by molar-refractivity contribution is 7.92. The molecule has 0 aliphatic carbocycles. The van der Waals surface area contributed by atoms with E-state index in [0.29, 0.717) is 23.7 Å². The van der Waals surface area contributed by atoms with Crippen LogP contribution in [0.3, 0.4) is 0 Å². The molecule has 1 N–H and O–H groups in total. The van der Waals surface area contributed by atoms with E-state index in [9.17, 15) is 13.2 Å². The van der Waals surface area contributed by atoms with Crippen molar-refractivity contribution in [1.82, 2.24) is 0 Å². The monoisotopic (exact) mass is 424 g/mol. The van der Waals surface area contributed by atoms with E-state index < -0.39 is 15.9 Å². The fourth-order valence-electron chi connectivity index (χ4n) is 2.83. The Morgan fingerprint density at radius 2 is 1.67 bits per heavy atom. The number of carbonyl (C=O) groups is 1. The van der Waals surface area contributed by atoms with Gasteiger partial charge in [0.1, 0.15) is 5.75 Å². The average molecular weight is 425 g/mol. The van der Waals surface area contributed by atoms with Crippen LogP contribution >= 0.6 is 0 Å². The molecule has 3 aromatic rings. The summed E-state index contributed by atoms with van der Waals surface area (Å²) in [5.74, 6) is 0.155. The van der Waals surface area contributed by atoms with Gasteiger partial charge >= 0.3 is 0 Å². The predicted molar refractivity (Wildman–Crippen MR) is 119 cm³/mol. The Hall–Kier alpha value is -3.32. The standard InChI is InChI=1S/C23H24N2O4S/c1-3-16-29-22-15-8-7-14-21(22)24-23(26)18-10-9-13-20(17-18)30(27,28)25(2)19-11-5-4-6-12-19/h4-15,17H,3,16H2,1-2H3,(H,24,26). The molecule has 0 atom stereocenters. The number of sulfonamides is 1. The fourth-order valence-corrected chi connectivity index (χ4v) is 4.08. The van der Waals surface area contributed by atoms with Crippen LogP contribution in [-0.4, -0.2) is 28.0 Å². The fraction of sp³-hybridized carbons (Fsp3) is 0.174. The van der Waals surface area contributed by atoms with E-state index in [1.54, 1.807) is 54.6 Å². The SMILES string of the molecule is CCCOc1ccccc1NC(=O)c1cccc(S(=O)(=O)N(C)c2ccccc2)c1. The van der Waals surface area contributed by atoms with Gasteiger partial charge in [-0.15, -0.1) is 0 Å². The molecule has 0 radical (unpaired) electrons. The van der Waals surface area contributed by atoms with Crippen LogP contribution < -0.4 is 14.4 Å². The molecule has 0 saturated heterocycles. The Bertz CT molecular complexity index is 1110. The number of para-hydroxylation sites is 3. The molecule has 1 amide bonds. The number of hydrogen-bond donors (Lipinski definition) is 1. The number of nitrogens with one attached hydrogen (secondary N) is 1. The predicted octanol–water partition coefficient (Wildman–Crippen LogP) is 4.55. The molecule has 0 aliphatic rings. The molecule has 0 unspecified atom stereocenters. The van der Waals surface area contributed by atoms with Crippen molar-refractivity contribution in [3.8, 4) is 5.75 Å². The summed E-state index contributed by atoms with van der Waals surface area (Å²) in [6.07, 6.45) is 0.844. The normalized spacial score (nSPS) is 11.0. The number of ether oxygens (including phenoxy) is 1. The van der Waals surface area contributed by atoms with Crippen LogP contribution in [0.4, 0.5) is 11.4 Å². The van der Waals surface area contributed by atoms with E-state index in [-0.39, 0.29) is 10.5 Å². The number of hydrogen-bond acceptors (Lipinski definition) is 4. The van der Waals surface area contributed by atoms with Crippen molar-refractivity contribution < 1.29 is 17.9 Å². The Labute approximate surface area is 177 Å². The van der Waals surface area contributed by atoms with E-state index in [1.165, 1.54) is 23.5 Å². The molecule has 3 aromatic carbocycles. The van der Waals surface area contributed by atoms with Gasteiger partial charge in [-0.3, -0.25) is 9.10 Å². The summed E-state index contributed by atoms with van der Waals surface area (Å²) in [6.45, 7) is 2.53. The Balaban J connectivity index is 1.84. The van der Waals surface area contributed by atoms with Crippen LogP contribution in [0, 0.1) is 0 Å². The first kappa shape index (κ1) is 21.4. The van der Waals surface area contributed by atoms with Crippen molar-refractivity contribution in [2.24, 2.45) is 0 Å². The minimum atomic E-state index is -3.81. The van der Waals surface area contributed by atoms with Crippen LogP contribution in [0.1, 0.15) is 23.7 Å². The van der Waals surface area contributed by atoms with E-state index >= 15 is 0 Å². The highest BCUT2D eigenvalue weighted by Gasteiger charge is 2.22. The van der Waals surface area contributed by atoms with Crippen molar-refractivity contribution in [3.63, 3.8) is 0 Å². The van der Waals surface area contributed by atoms with E-state index in [0.717, 1.165) is 6.42 Å². The molecule has 3 rings (SSSR count). The van der Waals surface area contributed by atoms with Gasteiger partial charge in [0.25, 0.3) is 15.9 Å². The molecule has 0 fully saturated rings. The lowest BCUT2D eigenvalue weighted by Gasteiger charge is -2.19. The van der Waals surface area contributed by atoms with Gasteiger partial charge in [0, 0.05) is 12.6 Å². The first-order chi connectivity index (χ1) is 14.4. The quantitative estimate of drug-likeness (QED) is 0.575. The first-order valence-corrected chi connectivity index (χ1v) is 11.0. The Morgan fingerprint density at radius 3 is 2.40 bits per heavy atom. The van der Waals surface area contributed by atoms with Gasteiger partial charge in [0.05, 0.1) is 22.9 Å². The van der Waals surface area contributed by atoms with Crippen molar-refractivity contribution in [3.05, 3.63) is 84.4 Å². The summed E-state index contributed by atoms with van der Waals surface area (Å²) in [5.41, 5.74) is 1.31. The average Bonchev–Trinajstić information content (AvgIpc) is 2.78. The van der Waals surface area contributed by atoms with Crippen LogP contribution in [0.5, 0.6) is 5.75 Å². The Morgan fingerprint density at radius 1 is 0.967 bits per heavy atom. The highest BCUT2D eigenvalue weighted by atomic mass is 32.2. The molecule has 156 valence electrons. The molecular weight excluding hydrogens is 400 g/mol. The summed E-state index contributed by atoms with van der Waals surface area (Å²) in [4.78, 5) is 12.8. The summed E-state index contributed by atoms with van der Waals surface area (Å²) < 4.78 is 32.9. The molecule has 7 heteroatoms. The summed E-state index contributed by atoms with van der Waals surface area (Å²) >= 11 is 0. The second-order valence-electron chi connectivity index (χ2n) is 6.63. The van der Waals surface area contributed by atoms with Gasteiger partial charge < -0.3 is 10.1 Å². The van der Waals surface area contributed by atoms with E-state index in [1.807, 2.05) is 19.1 Å². The molecule has 0 aromatic heterocycles. The lowest BCUT2D eigenvalue weighted by Crippen LogP contribution is -2.26. The second kappa shape index (κ2) is 9.45. The number of anilines is 2. The zero-order valence-corrected chi connectivity index (χ0v) is 17.7. The maximum atomic E-state index is 13.0. The third-order valence-electron chi connectivity index (χ3n) is 4.47. The van der Waals surface area contributed by atoms with Crippen molar-refractivity contribution in [2.45, 2.75) is 18.2 Å². The number of carbonyl (C=O) groups excluding carboxylic acids is 1. The van der Waals surface area contributed by atoms with E-state index in [4.69, 9.17) is 4.74 Å². The second-order valence-corrected chi connectivity index (χ2v) is 8.60. The molecule has 0 saturated carbocycles. The molecule has 0 heterocycles. The number of nitrogens with zero attached hydrogens (tertiary/aromatic N) is 1. The summed E-state index contributed by atoms with van der Waals surface area (Å²) in [6, 6.07) is 21.9. The largest absolute Gasteiger partial charge is 0.491 e. The van der Waals surface area contributed by atoms with Crippen LogP contribution in [0.15, 0.2) is 83.8 Å². The maximum absolute atomic E-state index is 13.0. The number of amides is 1. The Kier molecular flexibility index (Phi) is 6.74. The molecule has 0 bridgehead atoms. The third kappa shape index (κ3) is 4.80. The molecule has 0 spiro atoms. The number of rotatable bonds is 8. The first-order valence-electron chi connectivity index (χ1n) is 9.60. The topological polar surface area (TPSA) is 75.7 Å². The lowest BCUT2D eigenvalue weighted by atomic mass is 10.2.